The van der Waals surface area contributed by atoms with E-state index in [9.17, 15) is 5.26 Å². The molecule has 0 aromatic heterocycles. The molecule has 5 aromatic carbocycles. The average Bonchev–Trinajstić information content (AvgIpc) is 2.82. The fraction of sp³-hybridized carbons (Fsp3) is 0.0357. The van der Waals surface area contributed by atoms with E-state index in [1.54, 1.807) is 7.11 Å². The van der Waals surface area contributed by atoms with Gasteiger partial charge in [-0.1, -0.05) is 72.8 Å². The van der Waals surface area contributed by atoms with Crippen LogP contribution < -0.4 is 4.74 Å². The summed E-state index contributed by atoms with van der Waals surface area (Å²) >= 11 is 0. The summed E-state index contributed by atoms with van der Waals surface area (Å²) in [5, 5.41) is 14.0. The SMILES string of the molecule is COc1cccc(-c2c3ccccc3c(-c3ccc(C#N)cc3)c3ccccc23)c1. The van der Waals surface area contributed by atoms with Crippen molar-refractivity contribution in [1.29, 1.82) is 5.26 Å². The van der Waals surface area contributed by atoms with Gasteiger partial charge in [0.1, 0.15) is 5.75 Å². The van der Waals surface area contributed by atoms with Gasteiger partial charge in [-0.25, -0.2) is 0 Å². The number of methoxy groups -OCH3 is 1. The maximum Gasteiger partial charge on any atom is 0.119 e. The molecule has 0 radical (unpaired) electrons. The molecule has 0 saturated heterocycles. The molecular weight excluding hydrogens is 366 g/mol. The van der Waals surface area contributed by atoms with Gasteiger partial charge in [0.2, 0.25) is 0 Å². The van der Waals surface area contributed by atoms with Crippen LogP contribution in [-0.4, -0.2) is 7.11 Å². The molecule has 5 aromatic rings. The highest BCUT2D eigenvalue weighted by molar-refractivity contribution is 6.21. The van der Waals surface area contributed by atoms with Crippen molar-refractivity contribution in [3.8, 4) is 34.1 Å². The van der Waals surface area contributed by atoms with Gasteiger partial charge in [-0.2, -0.15) is 5.26 Å². The van der Waals surface area contributed by atoms with Crippen molar-refractivity contribution in [3.63, 3.8) is 0 Å². The van der Waals surface area contributed by atoms with Crippen LogP contribution in [0.25, 0.3) is 43.8 Å². The molecule has 0 fully saturated rings. The van der Waals surface area contributed by atoms with Gasteiger partial charge in [0.15, 0.2) is 0 Å². The standard InChI is InChI=1S/C28H19NO/c1-30-22-8-6-7-21(17-22)28-25-11-4-2-9-23(25)27(24-10-3-5-12-26(24)28)20-15-13-19(18-29)14-16-20/h2-17H,1H3. The molecule has 0 atom stereocenters. The Labute approximate surface area is 175 Å². The molecule has 2 nitrogen and oxygen atoms in total. The van der Waals surface area contributed by atoms with E-state index < -0.39 is 0 Å². The number of hydrogen-bond acceptors (Lipinski definition) is 2. The molecule has 0 heterocycles. The van der Waals surface area contributed by atoms with E-state index in [-0.39, 0.29) is 0 Å². The second kappa shape index (κ2) is 7.39. The molecule has 5 rings (SSSR count). The maximum absolute atomic E-state index is 9.19. The lowest BCUT2D eigenvalue weighted by Gasteiger charge is -2.18. The molecular formula is C28H19NO. The summed E-state index contributed by atoms with van der Waals surface area (Å²) < 4.78 is 5.49. The molecule has 0 aliphatic rings. The summed E-state index contributed by atoms with van der Waals surface area (Å²) in [6.07, 6.45) is 0. The first kappa shape index (κ1) is 18.0. The zero-order valence-electron chi connectivity index (χ0n) is 16.6. The van der Waals surface area contributed by atoms with Crippen molar-refractivity contribution >= 4 is 21.5 Å². The lowest BCUT2D eigenvalue weighted by Crippen LogP contribution is -1.91. The van der Waals surface area contributed by atoms with Gasteiger partial charge < -0.3 is 4.74 Å². The van der Waals surface area contributed by atoms with Crippen LogP contribution in [0.1, 0.15) is 5.56 Å². The smallest absolute Gasteiger partial charge is 0.119 e. The van der Waals surface area contributed by atoms with Gasteiger partial charge in [0, 0.05) is 0 Å². The van der Waals surface area contributed by atoms with Crippen molar-refractivity contribution in [2.45, 2.75) is 0 Å². The zero-order valence-corrected chi connectivity index (χ0v) is 16.6. The van der Waals surface area contributed by atoms with E-state index in [2.05, 4.69) is 66.7 Å². The molecule has 0 amide bonds. The Kier molecular flexibility index (Phi) is 4.42. The minimum Gasteiger partial charge on any atom is -0.497 e. The molecule has 0 bridgehead atoms. The monoisotopic (exact) mass is 385 g/mol. The number of benzene rings is 5. The number of fused-ring (bicyclic) bond motifs is 2. The lowest BCUT2D eigenvalue weighted by atomic mass is 9.86. The molecule has 0 unspecified atom stereocenters. The van der Waals surface area contributed by atoms with Crippen LogP contribution in [0.3, 0.4) is 0 Å². The molecule has 142 valence electrons. The van der Waals surface area contributed by atoms with E-state index in [4.69, 9.17) is 4.74 Å². The van der Waals surface area contributed by atoms with Crippen LogP contribution in [0.4, 0.5) is 0 Å². The molecule has 0 spiro atoms. The van der Waals surface area contributed by atoms with Crippen molar-refractivity contribution in [3.05, 3.63) is 103 Å². The minimum absolute atomic E-state index is 0.667. The van der Waals surface area contributed by atoms with E-state index >= 15 is 0 Å². The second-order valence-electron chi connectivity index (χ2n) is 7.26. The Morgan fingerprint density at radius 3 is 1.63 bits per heavy atom. The van der Waals surface area contributed by atoms with Crippen LogP contribution in [-0.2, 0) is 0 Å². The molecule has 0 aliphatic heterocycles. The van der Waals surface area contributed by atoms with Crippen LogP contribution in [0.5, 0.6) is 5.75 Å². The largest absolute Gasteiger partial charge is 0.497 e. The summed E-state index contributed by atoms with van der Waals surface area (Å²) in [6.45, 7) is 0. The van der Waals surface area contributed by atoms with Crippen molar-refractivity contribution in [2.24, 2.45) is 0 Å². The van der Waals surface area contributed by atoms with Gasteiger partial charge in [0.05, 0.1) is 18.7 Å². The van der Waals surface area contributed by atoms with Crippen LogP contribution in [0.15, 0.2) is 97.1 Å². The first-order valence-corrected chi connectivity index (χ1v) is 9.88. The number of nitrogens with zero attached hydrogens (tertiary/aromatic N) is 1. The summed E-state index contributed by atoms with van der Waals surface area (Å²) in [4.78, 5) is 0. The molecule has 0 saturated carbocycles. The van der Waals surface area contributed by atoms with Crippen molar-refractivity contribution in [2.75, 3.05) is 7.11 Å². The number of rotatable bonds is 3. The average molecular weight is 385 g/mol. The summed E-state index contributed by atoms with van der Waals surface area (Å²) in [5.74, 6) is 0.844. The summed E-state index contributed by atoms with van der Waals surface area (Å²) in [5.41, 5.74) is 5.31. The van der Waals surface area contributed by atoms with E-state index in [0.29, 0.717) is 5.56 Å². The molecule has 2 heteroatoms. The quantitative estimate of drug-likeness (QED) is 0.307. The van der Waals surface area contributed by atoms with Crippen LogP contribution in [0.2, 0.25) is 0 Å². The Balaban J connectivity index is 1.92. The molecule has 0 N–H and O–H groups in total. The predicted octanol–water partition coefficient (Wildman–Crippen LogP) is 7.21. The summed E-state index contributed by atoms with van der Waals surface area (Å²) in [6, 6.07) is 35.4. The topological polar surface area (TPSA) is 33.0 Å². The highest BCUT2D eigenvalue weighted by Gasteiger charge is 2.16. The number of ether oxygens (including phenoxy) is 1. The third-order valence-electron chi connectivity index (χ3n) is 5.59. The van der Waals surface area contributed by atoms with Gasteiger partial charge in [-0.05, 0) is 68.1 Å². The lowest BCUT2D eigenvalue weighted by molar-refractivity contribution is 0.415. The van der Waals surface area contributed by atoms with E-state index in [1.165, 1.54) is 32.7 Å². The minimum atomic E-state index is 0.667. The third-order valence-corrected chi connectivity index (χ3v) is 5.59. The van der Waals surface area contributed by atoms with Gasteiger partial charge >= 0.3 is 0 Å². The highest BCUT2D eigenvalue weighted by Crippen LogP contribution is 2.43. The summed E-state index contributed by atoms with van der Waals surface area (Å²) in [7, 11) is 1.70. The second-order valence-corrected chi connectivity index (χ2v) is 7.26. The Morgan fingerprint density at radius 1 is 0.600 bits per heavy atom. The van der Waals surface area contributed by atoms with Gasteiger partial charge in [-0.15, -0.1) is 0 Å². The highest BCUT2D eigenvalue weighted by atomic mass is 16.5. The van der Waals surface area contributed by atoms with Crippen molar-refractivity contribution < 1.29 is 4.74 Å². The van der Waals surface area contributed by atoms with E-state index in [0.717, 1.165) is 16.9 Å². The predicted molar refractivity (Wildman–Crippen MR) is 124 cm³/mol. The fourth-order valence-corrected chi connectivity index (χ4v) is 4.24. The normalized spacial score (nSPS) is 10.8. The fourth-order valence-electron chi connectivity index (χ4n) is 4.24. The Bertz CT molecular complexity index is 1370. The number of hydrogen-bond donors (Lipinski definition) is 0. The molecule has 30 heavy (non-hydrogen) atoms. The maximum atomic E-state index is 9.19. The zero-order chi connectivity index (χ0) is 20.5. The van der Waals surface area contributed by atoms with Crippen LogP contribution >= 0.6 is 0 Å². The number of nitriles is 1. The molecule has 0 aliphatic carbocycles. The van der Waals surface area contributed by atoms with E-state index in [1.807, 2.05) is 36.4 Å². The van der Waals surface area contributed by atoms with Gasteiger partial charge in [0.25, 0.3) is 0 Å². The Hall–Kier alpha value is -4.09. The first-order chi connectivity index (χ1) is 14.8. The van der Waals surface area contributed by atoms with Gasteiger partial charge in [-0.3, -0.25) is 0 Å². The van der Waals surface area contributed by atoms with Crippen LogP contribution in [0, 0.1) is 11.3 Å². The van der Waals surface area contributed by atoms with Crippen molar-refractivity contribution in [1.82, 2.24) is 0 Å². The Morgan fingerprint density at radius 2 is 1.13 bits per heavy atom. The first-order valence-electron chi connectivity index (χ1n) is 9.88. The third kappa shape index (κ3) is 2.89.